The lowest BCUT2D eigenvalue weighted by molar-refractivity contribution is -0.161. The lowest BCUT2D eigenvalue weighted by Gasteiger charge is -2.15. The maximum Gasteiger partial charge on any atom is 0.306 e. The van der Waals surface area contributed by atoms with Gasteiger partial charge >= 0.3 is 11.9 Å². The zero-order chi connectivity index (χ0) is 35.0. The summed E-state index contributed by atoms with van der Waals surface area (Å²) < 4.78 is 10.5. The van der Waals surface area contributed by atoms with Crippen LogP contribution in [0.4, 0.5) is 0 Å². The third-order valence-electron chi connectivity index (χ3n) is 7.36. The first-order chi connectivity index (χ1) is 23.6. The van der Waals surface area contributed by atoms with Gasteiger partial charge in [-0.3, -0.25) is 9.59 Å². The fourth-order valence-corrected chi connectivity index (χ4v) is 4.48. The first kappa shape index (κ1) is 44.8. The monoisotopic (exact) mass is 665 g/mol. The topological polar surface area (TPSA) is 72.8 Å². The van der Waals surface area contributed by atoms with Crippen molar-refractivity contribution in [2.45, 2.75) is 148 Å². The summed E-state index contributed by atoms with van der Waals surface area (Å²) in [5.74, 6) is -0.744. The van der Waals surface area contributed by atoms with Gasteiger partial charge in [-0.05, 0) is 89.9 Å². The van der Waals surface area contributed by atoms with E-state index in [9.17, 15) is 14.7 Å². The Hall–Kier alpha value is -3.18. The van der Waals surface area contributed by atoms with Gasteiger partial charge < -0.3 is 14.6 Å². The number of hydrogen-bond donors (Lipinski definition) is 1. The van der Waals surface area contributed by atoms with Gasteiger partial charge in [0.15, 0.2) is 6.10 Å². The van der Waals surface area contributed by atoms with Crippen molar-refractivity contribution in [3.05, 3.63) is 97.2 Å². The van der Waals surface area contributed by atoms with E-state index in [-0.39, 0.29) is 25.6 Å². The quantitative estimate of drug-likeness (QED) is 0.0440. The second-order valence-electron chi connectivity index (χ2n) is 11.9. The van der Waals surface area contributed by atoms with E-state index in [1.165, 1.54) is 51.4 Å². The Morgan fingerprint density at radius 2 is 0.854 bits per heavy atom. The first-order valence-electron chi connectivity index (χ1n) is 18.8. The van der Waals surface area contributed by atoms with Crippen LogP contribution in [0.2, 0.25) is 0 Å². The molecule has 0 bridgehead atoms. The first-order valence-corrected chi connectivity index (χ1v) is 18.8. The highest BCUT2D eigenvalue weighted by atomic mass is 16.6. The summed E-state index contributed by atoms with van der Waals surface area (Å²) >= 11 is 0. The normalized spacial score (nSPS) is 13.3. The fraction of sp³-hybridized carbons (Fsp3) is 0.581. The molecule has 5 heteroatoms. The summed E-state index contributed by atoms with van der Waals surface area (Å²) in [5.41, 5.74) is 0. The Balaban J connectivity index is 3.81. The molecular weight excluding hydrogens is 596 g/mol. The summed E-state index contributed by atoms with van der Waals surface area (Å²) in [6, 6.07) is 0. The molecule has 0 heterocycles. The summed E-state index contributed by atoms with van der Waals surface area (Å²) in [4.78, 5) is 24.2. The average Bonchev–Trinajstić information content (AvgIpc) is 3.09. The maximum atomic E-state index is 12.1. The van der Waals surface area contributed by atoms with Gasteiger partial charge in [-0.1, -0.05) is 137 Å². The van der Waals surface area contributed by atoms with E-state index < -0.39 is 12.1 Å². The Morgan fingerprint density at radius 3 is 1.25 bits per heavy atom. The van der Waals surface area contributed by atoms with Gasteiger partial charge in [-0.2, -0.15) is 0 Å². The molecule has 1 N–H and O–H groups in total. The average molecular weight is 665 g/mol. The molecule has 0 saturated heterocycles. The number of rotatable bonds is 32. The minimum Gasteiger partial charge on any atom is -0.462 e. The van der Waals surface area contributed by atoms with Gasteiger partial charge in [0.1, 0.15) is 6.61 Å². The molecule has 48 heavy (non-hydrogen) atoms. The minimum absolute atomic E-state index is 0.122. The molecule has 0 rings (SSSR count). The van der Waals surface area contributed by atoms with Gasteiger partial charge in [0.2, 0.25) is 0 Å². The van der Waals surface area contributed by atoms with Gasteiger partial charge in [-0.15, -0.1) is 0 Å². The number of esters is 2. The zero-order valence-electron chi connectivity index (χ0n) is 30.5. The van der Waals surface area contributed by atoms with Crippen molar-refractivity contribution in [1.82, 2.24) is 0 Å². The third kappa shape index (κ3) is 35.7. The molecule has 0 saturated carbocycles. The molecule has 5 nitrogen and oxygen atoms in total. The summed E-state index contributed by atoms with van der Waals surface area (Å²) in [6.07, 6.45) is 53.3. The van der Waals surface area contributed by atoms with E-state index in [1.807, 2.05) is 12.2 Å². The number of unbranched alkanes of at least 4 members (excludes halogenated alkanes) is 8. The molecule has 1 atom stereocenters. The summed E-state index contributed by atoms with van der Waals surface area (Å²) in [7, 11) is 0. The van der Waals surface area contributed by atoms with Crippen LogP contribution in [0.3, 0.4) is 0 Å². The van der Waals surface area contributed by atoms with E-state index >= 15 is 0 Å². The number of aliphatic hydroxyl groups is 1. The van der Waals surface area contributed by atoms with E-state index in [2.05, 4.69) is 98.9 Å². The molecule has 270 valence electrons. The molecule has 1 unspecified atom stereocenters. The SMILES string of the molecule is CCCCCC=CCC=CCC=CCC=CCC=CCCC(=O)OC(CO)COC(=O)CCCCC=CCC=CCC=CCCCCC. The van der Waals surface area contributed by atoms with Crippen molar-refractivity contribution in [2.75, 3.05) is 13.2 Å². The van der Waals surface area contributed by atoms with Crippen LogP contribution in [0.15, 0.2) is 97.2 Å². The lowest BCUT2D eigenvalue weighted by Crippen LogP contribution is -2.28. The van der Waals surface area contributed by atoms with Crippen molar-refractivity contribution in [2.24, 2.45) is 0 Å². The summed E-state index contributed by atoms with van der Waals surface area (Å²) in [6.45, 7) is 3.96. The molecule has 0 fully saturated rings. The standard InChI is InChI=1S/C43H68O5/c1-3-5-7-9-11-13-15-17-19-20-21-22-24-26-28-30-32-34-36-38-43(46)48-41(39-44)40-47-42(45)37-35-33-31-29-27-25-23-18-16-14-12-10-8-6-4-2/h11-14,17-19,21-23,26-29,32,34,41,44H,3-10,15-16,20,24-25,30-31,33,35-40H2,1-2H3. The minimum atomic E-state index is -0.832. The van der Waals surface area contributed by atoms with Crippen LogP contribution in [0, 0.1) is 0 Å². The predicted octanol–water partition coefficient (Wildman–Crippen LogP) is 11.7. The highest BCUT2D eigenvalue weighted by Crippen LogP contribution is 2.06. The highest BCUT2D eigenvalue weighted by Gasteiger charge is 2.15. The van der Waals surface area contributed by atoms with E-state index in [0.717, 1.165) is 57.8 Å². The number of ether oxygens (including phenoxy) is 2. The van der Waals surface area contributed by atoms with Crippen molar-refractivity contribution in [3.8, 4) is 0 Å². The second-order valence-corrected chi connectivity index (χ2v) is 11.9. The van der Waals surface area contributed by atoms with E-state index in [0.29, 0.717) is 12.8 Å². The van der Waals surface area contributed by atoms with Crippen molar-refractivity contribution in [1.29, 1.82) is 0 Å². The molecule has 0 aromatic carbocycles. The van der Waals surface area contributed by atoms with Crippen molar-refractivity contribution < 1.29 is 24.2 Å². The van der Waals surface area contributed by atoms with Gasteiger partial charge in [0, 0.05) is 12.8 Å². The van der Waals surface area contributed by atoms with Crippen molar-refractivity contribution >= 4 is 11.9 Å². The van der Waals surface area contributed by atoms with Crippen LogP contribution in [-0.2, 0) is 19.1 Å². The molecular formula is C43H68O5. The maximum absolute atomic E-state index is 12.1. The highest BCUT2D eigenvalue weighted by molar-refractivity contribution is 5.70. The van der Waals surface area contributed by atoms with Gasteiger partial charge in [-0.25, -0.2) is 0 Å². The smallest absolute Gasteiger partial charge is 0.306 e. The fourth-order valence-electron chi connectivity index (χ4n) is 4.48. The van der Waals surface area contributed by atoms with E-state index in [4.69, 9.17) is 9.47 Å². The number of aliphatic hydroxyl groups excluding tert-OH is 1. The molecule has 0 aromatic rings. The van der Waals surface area contributed by atoms with Crippen LogP contribution >= 0.6 is 0 Å². The molecule has 0 aliphatic rings. The van der Waals surface area contributed by atoms with Gasteiger partial charge in [0.25, 0.3) is 0 Å². The van der Waals surface area contributed by atoms with Gasteiger partial charge in [0.05, 0.1) is 6.61 Å². The Morgan fingerprint density at radius 1 is 0.479 bits per heavy atom. The van der Waals surface area contributed by atoms with Crippen LogP contribution < -0.4 is 0 Å². The Kier molecular flexibility index (Phi) is 35.7. The number of carbonyl (C=O) groups excluding carboxylic acids is 2. The van der Waals surface area contributed by atoms with E-state index in [1.54, 1.807) is 0 Å². The van der Waals surface area contributed by atoms with Crippen molar-refractivity contribution in [3.63, 3.8) is 0 Å². The number of allylic oxidation sites excluding steroid dienone is 16. The van der Waals surface area contributed by atoms with Crippen LogP contribution in [0.5, 0.6) is 0 Å². The third-order valence-corrected chi connectivity index (χ3v) is 7.36. The molecule has 0 aromatic heterocycles. The van der Waals surface area contributed by atoms with Crippen LogP contribution in [0.1, 0.15) is 142 Å². The molecule has 0 amide bonds. The van der Waals surface area contributed by atoms with Crippen LogP contribution in [0.25, 0.3) is 0 Å². The molecule has 0 aliphatic heterocycles. The largest absolute Gasteiger partial charge is 0.462 e. The Bertz CT molecular complexity index is 979. The summed E-state index contributed by atoms with van der Waals surface area (Å²) in [5, 5.41) is 9.52. The molecule has 0 spiro atoms. The van der Waals surface area contributed by atoms with Crippen LogP contribution in [-0.4, -0.2) is 36.4 Å². The zero-order valence-corrected chi connectivity index (χ0v) is 30.5. The second kappa shape index (κ2) is 38.3. The number of hydrogen-bond acceptors (Lipinski definition) is 5. The Labute approximate surface area is 294 Å². The lowest BCUT2D eigenvalue weighted by atomic mass is 10.1. The number of carbonyl (C=O) groups is 2. The molecule has 0 aliphatic carbocycles. The predicted molar refractivity (Wildman–Crippen MR) is 205 cm³/mol. The molecule has 0 radical (unpaired) electrons.